The van der Waals surface area contributed by atoms with Gasteiger partial charge in [-0.1, -0.05) is 18.2 Å². The van der Waals surface area contributed by atoms with Crippen LogP contribution in [0.4, 0.5) is 0 Å². The Morgan fingerprint density at radius 2 is 1.86 bits per heavy atom. The number of aliphatic hydroxyl groups excluding tert-OH is 4. The highest BCUT2D eigenvalue weighted by Crippen LogP contribution is 2.40. The van der Waals surface area contributed by atoms with Crippen LogP contribution in [-0.4, -0.2) is 61.7 Å². The molecule has 0 aliphatic carbocycles. The number of rotatable bonds is 2. The predicted molar refractivity (Wildman–Crippen MR) is 72.2 cm³/mol. The molecule has 7 nitrogen and oxygen atoms in total. The number of para-hydroxylation sites is 1. The van der Waals surface area contributed by atoms with Crippen molar-refractivity contribution in [1.82, 2.24) is 4.98 Å². The maximum absolute atomic E-state index is 10.9. The Morgan fingerprint density at radius 3 is 2.57 bits per heavy atom. The number of benzene rings is 1. The Balaban J connectivity index is 2.16. The molecule has 6 N–H and O–H groups in total. The van der Waals surface area contributed by atoms with E-state index in [1.807, 2.05) is 0 Å². The smallest absolute Gasteiger partial charge is 0.184 e. The molecule has 7 heteroatoms. The summed E-state index contributed by atoms with van der Waals surface area (Å²) in [4.78, 5) is 2.93. The molecule has 0 spiro atoms. The number of aromatic nitrogens is 1. The lowest BCUT2D eigenvalue weighted by Gasteiger charge is -2.46. The zero-order valence-electron chi connectivity index (χ0n) is 11.0. The van der Waals surface area contributed by atoms with Crippen LogP contribution in [0.2, 0.25) is 0 Å². The van der Waals surface area contributed by atoms with Gasteiger partial charge in [-0.3, -0.25) is 0 Å². The molecule has 2 aromatic rings. The molecule has 0 radical (unpaired) electrons. The van der Waals surface area contributed by atoms with E-state index in [0.29, 0.717) is 10.9 Å². The Bertz CT molecular complexity index is 643. The maximum Gasteiger partial charge on any atom is 0.184 e. The summed E-state index contributed by atoms with van der Waals surface area (Å²) in [6.07, 6.45) is -4.82. The number of H-pyrrole nitrogens is 1. The van der Waals surface area contributed by atoms with Crippen molar-refractivity contribution in [3.63, 3.8) is 0 Å². The molecule has 1 aromatic carbocycles. The summed E-state index contributed by atoms with van der Waals surface area (Å²) in [5.74, 6) is 0. The summed E-state index contributed by atoms with van der Waals surface area (Å²) in [6, 6.07) is 7.05. The fourth-order valence-corrected chi connectivity index (χ4v) is 2.87. The Labute approximate surface area is 120 Å². The van der Waals surface area contributed by atoms with Crippen molar-refractivity contribution in [2.75, 3.05) is 6.61 Å². The van der Waals surface area contributed by atoms with Crippen LogP contribution in [0.5, 0.6) is 0 Å². The fourth-order valence-electron chi connectivity index (χ4n) is 2.87. The third-order valence-electron chi connectivity index (χ3n) is 4.04. The minimum Gasteiger partial charge on any atom is -0.394 e. The van der Waals surface area contributed by atoms with Gasteiger partial charge in [-0.25, -0.2) is 0 Å². The largest absolute Gasteiger partial charge is 0.394 e. The number of nitrogens with one attached hydrogen (secondary N) is 1. The molecule has 5 atom stereocenters. The van der Waals surface area contributed by atoms with Crippen molar-refractivity contribution < 1.29 is 30.3 Å². The molecular weight excluding hydrogens is 278 g/mol. The van der Waals surface area contributed by atoms with Gasteiger partial charge < -0.3 is 35.3 Å². The number of hydrogen-bond acceptors (Lipinski definition) is 6. The standard InChI is InChI=1S/C14H17NO6/c16-6-10-11(17)14(20,12(18)13(19)21-10)8-5-15-9-4-2-1-3-7(8)9/h1-5,10-13,15-20H,6H2/t10-,11-,12+,13-,14+/m1/s1. The summed E-state index contributed by atoms with van der Waals surface area (Å²) in [5, 5.41) is 50.8. The second kappa shape index (κ2) is 5.06. The second-order valence-corrected chi connectivity index (χ2v) is 5.21. The highest BCUT2D eigenvalue weighted by atomic mass is 16.6. The molecular formula is C14H17NO6. The molecule has 2 heterocycles. The van der Waals surface area contributed by atoms with Gasteiger partial charge in [-0.2, -0.15) is 0 Å². The van der Waals surface area contributed by atoms with Crippen molar-refractivity contribution in [2.45, 2.75) is 30.2 Å². The highest BCUT2D eigenvalue weighted by Gasteiger charge is 2.56. The van der Waals surface area contributed by atoms with Gasteiger partial charge in [0.05, 0.1) is 6.61 Å². The third kappa shape index (κ3) is 1.98. The first-order valence-corrected chi connectivity index (χ1v) is 6.59. The first-order valence-electron chi connectivity index (χ1n) is 6.59. The van der Waals surface area contributed by atoms with Gasteiger partial charge in [0.25, 0.3) is 0 Å². The van der Waals surface area contributed by atoms with E-state index in [4.69, 9.17) is 4.74 Å². The summed E-state index contributed by atoms with van der Waals surface area (Å²) in [6.45, 7) is -0.602. The first kappa shape index (κ1) is 14.5. The van der Waals surface area contributed by atoms with Crippen molar-refractivity contribution in [1.29, 1.82) is 0 Å². The summed E-state index contributed by atoms with van der Waals surface area (Å²) in [5.41, 5.74) is -1.22. The van der Waals surface area contributed by atoms with Crippen LogP contribution in [0, 0.1) is 0 Å². The van der Waals surface area contributed by atoms with Gasteiger partial charge in [0.2, 0.25) is 0 Å². The quantitative estimate of drug-likeness (QED) is 0.413. The van der Waals surface area contributed by atoms with Crippen LogP contribution in [0.15, 0.2) is 30.5 Å². The number of hydrogen-bond donors (Lipinski definition) is 6. The molecule has 21 heavy (non-hydrogen) atoms. The minimum absolute atomic E-state index is 0.235. The molecule has 0 bridgehead atoms. The third-order valence-corrected chi connectivity index (χ3v) is 4.04. The molecule has 1 aromatic heterocycles. The minimum atomic E-state index is -2.16. The van der Waals surface area contributed by atoms with Crippen molar-refractivity contribution in [2.24, 2.45) is 0 Å². The SMILES string of the molecule is OC[C@H]1O[C@@H](O)[C@H](O)[C@](O)(c2c[nH]c3ccccc23)[C@@H]1O. The molecule has 0 unspecified atom stereocenters. The van der Waals surface area contributed by atoms with Crippen LogP contribution >= 0.6 is 0 Å². The normalized spacial score (nSPS) is 37.0. The van der Waals surface area contributed by atoms with E-state index >= 15 is 0 Å². The zero-order chi connectivity index (χ0) is 15.2. The van der Waals surface area contributed by atoms with Crippen LogP contribution in [-0.2, 0) is 10.3 Å². The van der Waals surface area contributed by atoms with E-state index in [2.05, 4.69) is 4.98 Å². The molecule has 1 aliphatic heterocycles. The van der Waals surface area contributed by atoms with E-state index < -0.39 is 36.8 Å². The van der Waals surface area contributed by atoms with E-state index in [1.165, 1.54) is 6.20 Å². The van der Waals surface area contributed by atoms with E-state index in [1.54, 1.807) is 24.3 Å². The molecule has 0 saturated carbocycles. The van der Waals surface area contributed by atoms with E-state index in [9.17, 15) is 25.5 Å². The average molecular weight is 295 g/mol. The maximum atomic E-state index is 10.9. The van der Waals surface area contributed by atoms with Crippen molar-refractivity contribution >= 4 is 10.9 Å². The first-order chi connectivity index (χ1) is 10.00. The Kier molecular flexibility index (Phi) is 3.48. The summed E-state index contributed by atoms with van der Waals surface area (Å²) >= 11 is 0. The lowest BCUT2D eigenvalue weighted by Crippen LogP contribution is -2.65. The van der Waals surface area contributed by atoms with Crippen LogP contribution < -0.4 is 0 Å². The van der Waals surface area contributed by atoms with Crippen LogP contribution in [0.3, 0.4) is 0 Å². The van der Waals surface area contributed by atoms with Gasteiger partial charge in [0, 0.05) is 22.7 Å². The second-order valence-electron chi connectivity index (χ2n) is 5.21. The molecule has 1 saturated heterocycles. The van der Waals surface area contributed by atoms with Crippen LogP contribution in [0.25, 0.3) is 10.9 Å². The number of aliphatic hydroxyl groups is 5. The summed E-state index contributed by atoms with van der Waals surface area (Å²) < 4.78 is 4.90. The van der Waals surface area contributed by atoms with Crippen molar-refractivity contribution in [3.05, 3.63) is 36.0 Å². The van der Waals surface area contributed by atoms with E-state index in [0.717, 1.165) is 0 Å². The molecule has 114 valence electrons. The van der Waals surface area contributed by atoms with Crippen LogP contribution in [0.1, 0.15) is 5.56 Å². The molecule has 1 fully saturated rings. The topological polar surface area (TPSA) is 126 Å². The Morgan fingerprint density at radius 1 is 1.14 bits per heavy atom. The average Bonchev–Trinajstić information content (AvgIpc) is 2.93. The van der Waals surface area contributed by atoms with Gasteiger partial charge in [0.15, 0.2) is 11.9 Å². The highest BCUT2D eigenvalue weighted by molar-refractivity contribution is 5.84. The van der Waals surface area contributed by atoms with Gasteiger partial charge in [0.1, 0.15) is 18.3 Å². The predicted octanol–water partition coefficient (Wildman–Crippen LogP) is -1.21. The van der Waals surface area contributed by atoms with Gasteiger partial charge in [-0.15, -0.1) is 0 Å². The molecule has 0 amide bonds. The Hall–Kier alpha value is -1.48. The number of aromatic amines is 1. The zero-order valence-corrected chi connectivity index (χ0v) is 11.0. The lowest BCUT2D eigenvalue weighted by molar-refractivity contribution is -0.326. The van der Waals surface area contributed by atoms with Gasteiger partial charge in [-0.05, 0) is 6.07 Å². The number of ether oxygens (including phenoxy) is 1. The van der Waals surface area contributed by atoms with Gasteiger partial charge >= 0.3 is 0 Å². The molecule has 1 aliphatic rings. The van der Waals surface area contributed by atoms with Crippen molar-refractivity contribution in [3.8, 4) is 0 Å². The fraction of sp³-hybridized carbons (Fsp3) is 0.429. The van der Waals surface area contributed by atoms with E-state index in [-0.39, 0.29) is 5.56 Å². The summed E-state index contributed by atoms with van der Waals surface area (Å²) in [7, 11) is 0. The lowest BCUT2D eigenvalue weighted by atomic mass is 9.78. The number of fused-ring (bicyclic) bond motifs is 1. The molecule has 3 rings (SSSR count). The monoisotopic (exact) mass is 295 g/mol.